The van der Waals surface area contributed by atoms with Crippen LogP contribution in [-0.4, -0.2) is 5.21 Å². The second kappa shape index (κ2) is 5.25. The van der Waals surface area contributed by atoms with Gasteiger partial charge in [0, 0.05) is 9.79 Å². The summed E-state index contributed by atoms with van der Waals surface area (Å²) in [5.74, 6) is 0. The summed E-state index contributed by atoms with van der Waals surface area (Å²) in [5, 5.41) is 9.05. The van der Waals surface area contributed by atoms with E-state index >= 15 is 0 Å². The quantitative estimate of drug-likeness (QED) is 0.793. The molecule has 3 heteroatoms. The molecule has 0 heterocycles. The maximum absolute atomic E-state index is 9.05. The summed E-state index contributed by atoms with van der Waals surface area (Å²) in [6.45, 7) is 4.19. The van der Waals surface area contributed by atoms with E-state index in [-0.39, 0.29) is 0 Å². The van der Waals surface area contributed by atoms with Crippen molar-refractivity contribution in [1.29, 1.82) is 0 Å². The van der Waals surface area contributed by atoms with Gasteiger partial charge in [-0.15, -0.1) is 0 Å². The molecule has 0 saturated carbocycles. The average molecular weight is 245 g/mol. The zero-order valence-corrected chi connectivity index (χ0v) is 10.7. The second-order valence-corrected chi connectivity index (χ2v) is 5.06. The van der Waals surface area contributed by atoms with E-state index in [1.54, 1.807) is 11.8 Å². The number of hydrogen-bond acceptors (Lipinski definition) is 3. The number of anilines is 1. The summed E-state index contributed by atoms with van der Waals surface area (Å²) >= 11 is 1.65. The van der Waals surface area contributed by atoms with E-state index in [1.807, 2.05) is 24.3 Å². The molecule has 2 rings (SSSR count). The van der Waals surface area contributed by atoms with Gasteiger partial charge in [0.05, 0.1) is 5.69 Å². The molecule has 2 N–H and O–H groups in total. The van der Waals surface area contributed by atoms with E-state index in [1.165, 1.54) is 16.0 Å². The van der Waals surface area contributed by atoms with Gasteiger partial charge in [-0.2, -0.15) is 0 Å². The van der Waals surface area contributed by atoms with E-state index in [9.17, 15) is 0 Å². The Morgan fingerprint density at radius 2 is 1.76 bits per heavy atom. The molecule has 0 spiro atoms. The molecule has 0 unspecified atom stereocenters. The van der Waals surface area contributed by atoms with E-state index in [2.05, 4.69) is 37.5 Å². The monoisotopic (exact) mass is 245 g/mol. The Hall–Kier alpha value is -1.45. The fraction of sp³-hybridized carbons (Fsp3) is 0.143. The van der Waals surface area contributed by atoms with E-state index in [0.717, 1.165) is 10.6 Å². The zero-order valence-electron chi connectivity index (χ0n) is 9.90. The third kappa shape index (κ3) is 2.81. The minimum Gasteiger partial charge on any atom is -0.291 e. The highest BCUT2D eigenvalue weighted by molar-refractivity contribution is 7.99. The van der Waals surface area contributed by atoms with E-state index < -0.39 is 0 Å². The molecule has 0 aromatic heterocycles. The first-order valence-electron chi connectivity index (χ1n) is 5.45. The van der Waals surface area contributed by atoms with Gasteiger partial charge in [0.2, 0.25) is 0 Å². The van der Waals surface area contributed by atoms with Crippen molar-refractivity contribution in [2.45, 2.75) is 23.6 Å². The van der Waals surface area contributed by atoms with Crippen LogP contribution in [0.4, 0.5) is 5.69 Å². The summed E-state index contributed by atoms with van der Waals surface area (Å²) in [6.07, 6.45) is 0. The fourth-order valence-electron chi connectivity index (χ4n) is 1.68. The molecule has 2 nitrogen and oxygen atoms in total. The molecule has 0 aliphatic heterocycles. The molecule has 2 aromatic rings. The predicted octanol–water partition coefficient (Wildman–Crippen LogP) is 4.26. The molecule has 0 atom stereocenters. The van der Waals surface area contributed by atoms with Crippen LogP contribution < -0.4 is 5.48 Å². The molecule has 0 aliphatic rings. The Morgan fingerprint density at radius 1 is 1.00 bits per heavy atom. The van der Waals surface area contributed by atoms with Crippen molar-refractivity contribution in [1.82, 2.24) is 0 Å². The van der Waals surface area contributed by atoms with Crippen molar-refractivity contribution in [2.24, 2.45) is 0 Å². The number of rotatable bonds is 3. The van der Waals surface area contributed by atoms with E-state index in [4.69, 9.17) is 5.21 Å². The van der Waals surface area contributed by atoms with Gasteiger partial charge in [-0.05, 0) is 37.6 Å². The summed E-state index contributed by atoms with van der Waals surface area (Å²) in [6, 6.07) is 14.1. The lowest BCUT2D eigenvalue weighted by atomic mass is 10.2. The molecule has 2 aromatic carbocycles. The van der Waals surface area contributed by atoms with Crippen LogP contribution in [0.25, 0.3) is 0 Å². The lowest BCUT2D eigenvalue weighted by Gasteiger charge is -2.09. The smallest absolute Gasteiger partial charge is 0.0741 e. The van der Waals surface area contributed by atoms with Crippen molar-refractivity contribution in [2.75, 3.05) is 5.48 Å². The molecule has 0 amide bonds. The number of benzene rings is 2. The summed E-state index contributed by atoms with van der Waals surface area (Å²) in [4.78, 5) is 2.22. The molecular formula is C14H15NOS. The van der Waals surface area contributed by atoms with Gasteiger partial charge >= 0.3 is 0 Å². The molecule has 0 radical (unpaired) electrons. The van der Waals surface area contributed by atoms with Crippen LogP contribution in [0.5, 0.6) is 0 Å². The number of hydrogen-bond donors (Lipinski definition) is 2. The van der Waals surface area contributed by atoms with Crippen LogP contribution in [-0.2, 0) is 0 Å². The first-order valence-corrected chi connectivity index (χ1v) is 6.26. The molecule has 0 fully saturated rings. The highest BCUT2D eigenvalue weighted by atomic mass is 32.2. The van der Waals surface area contributed by atoms with Crippen LogP contribution in [0, 0.1) is 13.8 Å². The zero-order chi connectivity index (χ0) is 12.3. The van der Waals surface area contributed by atoms with Crippen molar-refractivity contribution in [3.63, 3.8) is 0 Å². The van der Waals surface area contributed by atoms with Crippen LogP contribution in [0.2, 0.25) is 0 Å². The molecule has 17 heavy (non-hydrogen) atoms. The topological polar surface area (TPSA) is 32.3 Å². The maximum atomic E-state index is 9.05. The highest BCUT2D eigenvalue weighted by Gasteiger charge is 2.05. The molecular weight excluding hydrogens is 230 g/mol. The van der Waals surface area contributed by atoms with Crippen LogP contribution in [0.3, 0.4) is 0 Å². The van der Waals surface area contributed by atoms with Gasteiger partial charge in [0.25, 0.3) is 0 Å². The van der Waals surface area contributed by atoms with Crippen molar-refractivity contribution < 1.29 is 5.21 Å². The summed E-state index contributed by atoms with van der Waals surface area (Å²) in [5.41, 5.74) is 5.48. The van der Waals surface area contributed by atoms with Crippen molar-refractivity contribution >= 4 is 17.4 Å². The van der Waals surface area contributed by atoms with Crippen LogP contribution >= 0.6 is 11.8 Å². The van der Waals surface area contributed by atoms with Gasteiger partial charge in [0.1, 0.15) is 0 Å². The lowest BCUT2D eigenvalue weighted by Crippen LogP contribution is -1.91. The SMILES string of the molecule is Cc1ccc(Sc2ccccc2NO)c(C)c1. The third-order valence-electron chi connectivity index (χ3n) is 2.56. The minimum absolute atomic E-state index is 0.734. The number of para-hydroxylation sites is 1. The van der Waals surface area contributed by atoms with Crippen molar-refractivity contribution in [3.8, 4) is 0 Å². The number of aryl methyl sites for hydroxylation is 2. The Balaban J connectivity index is 2.31. The predicted molar refractivity (Wildman–Crippen MR) is 71.9 cm³/mol. The normalized spacial score (nSPS) is 10.3. The fourth-order valence-corrected chi connectivity index (χ4v) is 2.64. The van der Waals surface area contributed by atoms with Crippen molar-refractivity contribution in [3.05, 3.63) is 53.6 Å². The Bertz CT molecular complexity index is 525. The minimum atomic E-state index is 0.734. The van der Waals surface area contributed by atoms with Crippen LogP contribution in [0.15, 0.2) is 52.3 Å². The largest absolute Gasteiger partial charge is 0.291 e. The Labute approximate surface area is 106 Å². The van der Waals surface area contributed by atoms with Gasteiger partial charge in [-0.1, -0.05) is 41.6 Å². The van der Waals surface area contributed by atoms with Crippen LogP contribution in [0.1, 0.15) is 11.1 Å². The number of nitrogens with one attached hydrogen (secondary N) is 1. The van der Waals surface area contributed by atoms with Gasteiger partial charge in [0.15, 0.2) is 0 Å². The second-order valence-electron chi connectivity index (χ2n) is 3.98. The first-order chi connectivity index (χ1) is 8.20. The first kappa shape index (κ1) is 12.0. The molecule has 0 aliphatic carbocycles. The van der Waals surface area contributed by atoms with Gasteiger partial charge in [-0.3, -0.25) is 10.7 Å². The summed E-state index contributed by atoms with van der Waals surface area (Å²) in [7, 11) is 0. The summed E-state index contributed by atoms with van der Waals surface area (Å²) < 4.78 is 0. The molecule has 0 saturated heterocycles. The average Bonchev–Trinajstić information content (AvgIpc) is 2.33. The maximum Gasteiger partial charge on any atom is 0.0741 e. The van der Waals surface area contributed by atoms with E-state index in [0.29, 0.717) is 0 Å². The standard InChI is InChI=1S/C14H15NOS/c1-10-7-8-13(11(2)9-10)17-14-6-4-3-5-12(14)15-16/h3-9,15-16H,1-2H3. The van der Waals surface area contributed by atoms with Gasteiger partial charge in [-0.25, -0.2) is 0 Å². The lowest BCUT2D eigenvalue weighted by molar-refractivity contribution is 0.387. The Kier molecular flexibility index (Phi) is 3.71. The third-order valence-corrected chi connectivity index (χ3v) is 3.81. The highest BCUT2D eigenvalue weighted by Crippen LogP contribution is 2.35. The Morgan fingerprint density at radius 3 is 2.47 bits per heavy atom. The van der Waals surface area contributed by atoms with Gasteiger partial charge < -0.3 is 0 Å². The molecule has 88 valence electrons. The molecule has 0 bridgehead atoms.